The summed E-state index contributed by atoms with van der Waals surface area (Å²) in [6.45, 7) is 2.97. The van der Waals surface area contributed by atoms with Crippen LogP contribution in [-0.2, 0) is 6.54 Å². The first-order valence-corrected chi connectivity index (χ1v) is 12.7. The monoisotopic (exact) mass is 553 g/mol. The number of halogens is 1. The number of aromatic nitrogens is 3. The third-order valence-electron chi connectivity index (χ3n) is 6.69. The standard InChI is InChI=1S/C28H32FN5O6/c1-16(15-35)19-13-30-34-25(33(2)14-17-8-21(36-3)27(38-5)22(9-17)37-4)12-24(32-28(19)34)31-20-10-18(29)11-23-26(20)40-7-6-39-23/h8-13,16,35H,6-7,14-15H2,1-5H3,(H,31,32). The summed E-state index contributed by atoms with van der Waals surface area (Å²) in [7, 11) is 6.62. The number of fused-ring (bicyclic) bond motifs is 2. The van der Waals surface area contributed by atoms with Gasteiger partial charge in [0.25, 0.3) is 0 Å². The Bertz CT molecular complexity index is 1500. The lowest BCUT2D eigenvalue weighted by Crippen LogP contribution is -2.21. The molecule has 1 atom stereocenters. The fourth-order valence-corrected chi connectivity index (χ4v) is 4.68. The van der Waals surface area contributed by atoms with Gasteiger partial charge in [0.05, 0.1) is 33.2 Å². The third-order valence-corrected chi connectivity index (χ3v) is 6.69. The number of rotatable bonds is 10. The van der Waals surface area contributed by atoms with Gasteiger partial charge in [-0.2, -0.15) is 9.61 Å². The Balaban J connectivity index is 1.58. The van der Waals surface area contributed by atoms with Crippen molar-refractivity contribution in [3.63, 3.8) is 0 Å². The van der Waals surface area contributed by atoms with E-state index in [0.717, 1.165) is 11.1 Å². The fraction of sp³-hybridized carbons (Fsp3) is 0.357. The lowest BCUT2D eigenvalue weighted by molar-refractivity contribution is 0.172. The van der Waals surface area contributed by atoms with Crippen LogP contribution in [0.1, 0.15) is 24.0 Å². The molecule has 40 heavy (non-hydrogen) atoms. The first-order valence-electron chi connectivity index (χ1n) is 12.7. The summed E-state index contributed by atoms with van der Waals surface area (Å²) in [6, 6.07) is 8.21. The van der Waals surface area contributed by atoms with E-state index < -0.39 is 5.82 Å². The summed E-state index contributed by atoms with van der Waals surface area (Å²) in [6.07, 6.45) is 1.70. The SMILES string of the molecule is COc1cc(CN(C)c2cc(Nc3cc(F)cc4c3OCCO4)nc3c(C(C)CO)cnn23)cc(OC)c1OC. The largest absolute Gasteiger partial charge is 0.493 e. The van der Waals surface area contributed by atoms with Gasteiger partial charge < -0.3 is 39.0 Å². The second-order valence-corrected chi connectivity index (χ2v) is 9.41. The summed E-state index contributed by atoms with van der Waals surface area (Å²) in [4.78, 5) is 6.77. The van der Waals surface area contributed by atoms with Gasteiger partial charge in [0.2, 0.25) is 5.75 Å². The van der Waals surface area contributed by atoms with Gasteiger partial charge in [-0.25, -0.2) is 9.37 Å². The normalized spacial score (nSPS) is 13.2. The summed E-state index contributed by atoms with van der Waals surface area (Å²) in [5, 5.41) is 17.6. The number of hydrogen-bond donors (Lipinski definition) is 2. The molecule has 1 aliphatic rings. The Morgan fingerprint density at radius 1 is 1.07 bits per heavy atom. The molecule has 4 aromatic rings. The molecule has 0 fully saturated rings. The smallest absolute Gasteiger partial charge is 0.203 e. The number of aliphatic hydroxyl groups excluding tert-OH is 1. The van der Waals surface area contributed by atoms with Crippen LogP contribution < -0.4 is 33.9 Å². The van der Waals surface area contributed by atoms with E-state index in [0.29, 0.717) is 71.5 Å². The molecule has 0 radical (unpaired) electrons. The van der Waals surface area contributed by atoms with Gasteiger partial charge >= 0.3 is 0 Å². The quantitative estimate of drug-likeness (QED) is 0.297. The van der Waals surface area contributed by atoms with Crippen LogP contribution in [0.3, 0.4) is 0 Å². The van der Waals surface area contributed by atoms with Gasteiger partial charge in [-0.3, -0.25) is 0 Å². The van der Waals surface area contributed by atoms with E-state index in [2.05, 4.69) is 10.4 Å². The Hall–Kier alpha value is -4.45. The molecule has 1 aliphatic heterocycles. The second kappa shape index (κ2) is 11.3. The van der Waals surface area contributed by atoms with Crippen LogP contribution >= 0.6 is 0 Å². The van der Waals surface area contributed by atoms with Gasteiger partial charge in [0.1, 0.15) is 30.7 Å². The van der Waals surface area contributed by atoms with E-state index in [-0.39, 0.29) is 12.5 Å². The van der Waals surface area contributed by atoms with Gasteiger partial charge in [-0.15, -0.1) is 0 Å². The van der Waals surface area contributed by atoms with Crippen LogP contribution in [0, 0.1) is 5.82 Å². The van der Waals surface area contributed by atoms with E-state index in [1.807, 2.05) is 37.1 Å². The average molecular weight is 554 g/mol. The molecule has 1 unspecified atom stereocenters. The number of methoxy groups -OCH3 is 3. The third kappa shape index (κ3) is 5.09. The van der Waals surface area contributed by atoms with Crippen LogP contribution in [0.25, 0.3) is 5.65 Å². The summed E-state index contributed by atoms with van der Waals surface area (Å²) in [5.74, 6) is 2.81. The number of anilines is 3. The first kappa shape index (κ1) is 27.1. The van der Waals surface area contributed by atoms with E-state index in [1.165, 1.54) is 12.1 Å². The maximum Gasteiger partial charge on any atom is 0.203 e. The van der Waals surface area contributed by atoms with Crippen LogP contribution in [0.2, 0.25) is 0 Å². The number of hydrogen-bond acceptors (Lipinski definition) is 10. The highest BCUT2D eigenvalue weighted by Gasteiger charge is 2.22. The van der Waals surface area contributed by atoms with E-state index in [4.69, 9.17) is 28.7 Å². The molecule has 0 saturated heterocycles. The number of nitrogens with one attached hydrogen (secondary N) is 1. The minimum Gasteiger partial charge on any atom is -0.493 e. The molecule has 0 saturated carbocycles. The summed E-state index contributed by atoms with van der Waals surface area (Å²) >= 11 is 0. The summed E-state index contributed by atoms with van der Waals surface area (Å²) in [5.41, 5.74) is 2.62. The molecule has 12 heteroatoms. The number of ether oxygens (including phenoxy) is 5. The number of benzene rings is 2. The predicted molar refractivity (Wildman–Crippen MR) is 147 cm³/mol. The van der Waals surface area contributed by atoms with Crippen molar-refractivity contribution in [2.45, 2.75) is 19.4 Å². The van der Waals surface area contributed by atoms with Crippen molar-refractivity contribution in [2.75, 3.05) is 58.4 Å². The highest BCUT2D eigenvalue weighted by Crippen LogP contribution is 2.41. The van der Waals surface area contributed by atoms with Crippen molar-refractivity contribution in [1.29, 1.82) is 0 Å². The molecule has 0 spiro atoms. The van der Waals surface area contributed by atoms with Crippen LogP contribution in [0.4, 0.5) is 21.7 Å². The molecule has 3 heterocycles. The zero-order valence-corrected chi connectivity index (χ0v) is 23.0. The number of aliphatic hydroxyl groups is 1. The maximum atomic E-state index is 14.4. The Morgan fingerprint density at radius 3 is 2.48 bits per heavy atom. The first-order chi connectivity index (χ1) is 19.4. The van der Waals surface area contributed by atoms with E-state index in [9.17, 15) is 9.50 Å². The molecule has 0 bridgehead atoms. The minimum absolute atomic E-state index is 0.0696. The van der Waals surface area contributed by atoms with Gasteiger partial charge in [0.15, 0.2) is 28.6 Å². The molecule has 0 amide bonds. The van der Waals surface area contributed by atoms with Gasteiger partial charge in [0, 0.05) is 49.9 Å². The van der Waals surface area contributed by atoms with E-state index >= 15 is 0 Å². The van der Waals surface area contributed by atoms with Crippen LogP contribution in [0.15, 0.2) is 36.5 Å². The molecule has 212 valence electrons. The van der Waals surface area contributed by atoms with Crippen molar-refractivity contribution in [1.82, 2.24) is 14.6 Å². The van der Waals surface area contributed by atoms with Crippen LogP contribution in [-0.4, -0.2) is 67.9 Å². The molecular weight excluding hydrogens is 521 g/mol. The topological polar surface area (TPSA) is 112 Å². The average Bonchev–Trinajstić information content (AvgIpc) is 3.39. The lowest BCUT2D eigenvalue weighted by Gasteiger charge is -2.24. The maximum absolute atomic E-state index is 14.4. The Morgan fingerprint density at radius 2 is 1.80 bits per heavy atom. The highest BCUT2D eigenvalue weighted by molar-refractivity contribution is 5.72. The molecule has 2 N–H and O–H groups in total. The molecule has 2 aromatic carbocycles. The zero-order chi connectivity index (χ0) is 28.4. The van der Waals surface area contributed by atoms with Gasteiger partial charge in [-0.05, 0) is 17.7 Å². The van der Waals surface area contributed by atoms with Gasteiger partial charge in [-0.1, -0.05) is 6.92 Å². The van der Waals surface area contributed by atoms with E-state index in [1.54, 1.807) is 32.0 Å². The second-order valence-electron chi connectivity index (χ2n) is 9.41. The van der Waals surface area contributed by atoms with Crippen molar-refractivity contribution >= 4 is 23.0 Å². The predicted octanol–water partition coefficient (Wildman–Crippen LogP) is 4.14. The highest BCUT2D eigenvalue weighted by atomic mass is 19.1. The van der Waals surface area contributed by atoms with Crippen molar-refractivity contribution in [3.8, 4) is 28.7 Å². The molecule has 2 aromatic heterocycles. The Kier molecular flexibility index (Phi) is 7.69. The lowest BCUT2D eigenvalue weighted by atomic mass is 10.1. The molecule has 11 nitrogen and oxygen atoms in total. The number of nitrogens with zero attached hydrogens (tertiary/aromatic N) is 4. The van der Waals surface area contributed by atoms with Crippen molar-refractivity contribution < 1.29 is 33.2 Å². The Labute approximate surface area is 231 Å². The van der Waals surface area contributed by atoms with Crippen LogP contribution in [0.5, 0.6) is 28.7 Å². The molecule has 5 rings (SSSR count). The molecule has 0 aliphatic carbocycles. The van der Waals surface area contributed by atoms with Crippen molar-refractivity contribution in [2.24, 2.45) is 0 Å². The zero-order valence-electron chi connectivity index (χ0n) is 23.0. The summed E-state index contributed by atoms with van der Waals surface area (Å²) < 4.78 is 44.0. The van der Waals surface area contributed by atoms with Crippen molar-refractivity contribution in [3.05, 3.63) is 53.5 Å². The minimum atomic E-state index is -0.466. The molecular formula is C28H32FN5O6. The fourth-order valence-electron chi connectivity index (χ4n) is 4.68.